The molecule has 0 fully saturated rings. The van der Waals surface area contributed by atoms with Crippen molar-refractivity contribution in [3.63, 3.8) is 0 Å². The Bertz CT molecular complexity index is 1690. The summed E-state index contributed by atoms with van der Waals surface area (Å²) in [6.45, 7) is 10.8. The molecule has 0 bridgehead atoms. The molecule has 1 aliphatic heterocycles. The standard InChI is InChI=1S/C35H38ClF3N2O7/c1-7-47-28-13-19(12-21(36)32(28)48-27-9-8-20(35(37,38)39)14-22(27)41(44)45)29-30-23(15-33(2,3)17-25(30)42)40(10-11-46-6)24-16-34(4,5)18-26(43)31(24)29/h8-9,12-14,29H,7,10-11,15-18H2,1-6H3. The number of hydrogen-bond acceptors (Lipinski definition) is 8. The number of methoxy groups -OCH3 is 1. The van der Waals surface area contributed by atoms with Gasteiger partial charge in [0.15, 0.2) is 23.1 Å². The molecule has 0 saturated heterocycles. The van der Waals surface area contributed by atoms with Gasteiger partial charge in [0, 0.05) is 61.0 Å². The highest BCUT2D eigenvalue weighted by molar-refractivity contribution is 6.32. The summed E-state index contributed by atoms with van der Waals surface area (Å²) in [5.74, 6) is -1.53. The number of ether oxygens (including phenoxy) is 3. The second-order valence-electron chi connectivity index (χ2n) is 14.0. The SMILES string of the molecule is CCOc1cc(C2C3=C(CC(C)(C)CC3=O)N(CCOC)C3=C2C(=O)CC(C)(C)C3)cc(Cl)c1Oc1ccc(C(F)(F)F)cc1[N+](=O)[O-]. The van der Waals surface area contributed by atoms with E-state index in [0.29, 0.717) is 54.8 Å². The van der Waals surface area contributed by atoms with Crippen LogP contribution in [-0.4, -0.2) is 48.3 Å². The monoisotopic (exact) mass is 690 g/mol. The number of carbonyl (C=O) groups excluding carboxylic acids is 2. The molecular weight excluding hydrogens is 653 g/mol. The lowest BCUT2D eigenvalue weighted by Gasteiger charge is -2.49. The van der Waals surface area contributed by atoms with Gasteiger partial charge in [-0.2, -0.15) is 13.2 Å². The van der Waals surface area contributed by atoms with Crippen molar-refractivity contribution in [1.29, 1.82) is 0 Å². The average molecular weight is 691 g/mol. The smallest absolute Gasteiger partial charge is 0.416 e. The van der Waals surface area contributed by atoms with E-state index in [4.69, 9.17) is 25.8 Å². The quantitative estimate of drug-likeness (QED) is 0.190. The fourth-order valence-electron chi connectivity index (χ4n) is 6.98. The molecule has 9 nitrogen and oxygen atoms in total. The number of alkyl halides is 3. The maximum absolute atomic E-state index is 14.1. The van der Waals surface area contributed by atoms with Crippen molar-refractivity contribution in [2.45, 2.75) is 72.4 Å². The van der Waals surface area contributed by atoms with Crippen LogP contribution >= 0.6 is 11.6 Å². The lowest BCUT2D eigenvalue weighted by Crippen LogP contribution is -2.45. The van der Waals surface area contributed by atoms with Gasteiger partial charge in [-0.15, -0.1) is 0 Å². The van der Waals surface area contributed by atoms with E-state index in [-0.39, 0.29) is 58.4 Å². The van der Waals surface area contributed by atoms with E-state index in [2.05, 4.69) is 4.90 Å². The van der Waals surface area contributed by atoms with Crippen molar-refractivity contribution >= 4 is 28.9 Å². The minimum Gasteiger partial charge on any atom is -0.490 e. The molecule has 0 aromatic heterocycles. The molecular formula is C35H38ClF3N2O7. The normalized spacial score (nSPS) is 19.3. The predicted octanol–water partition coefficient (Wildman–Crippen LogP) is 8.79. The largest absolute Gasteiger partial charge is 0.490 e. The summed E-state index contributed by atoms with van der Waals surface area (Å²) < 4.78 is 57.1. The van der Waals surface area contributed by atoms with Gasteiger partial charge in [0.1, 0.15) is 0 Å². The van der Waals surface area contributed by atoms with Crippen LogP contribution in [0.5, 0.6) is 17.2 Å². The van der Waals surface area contributed by atoms with Gasteiger partial charge in [0.05, 0.1) is 28.7 Å². The number of halogens is 4. The first-order valence-corrected chi connectivity index (χ1v) is 16.0. The maximum Gasteiger partial charge on any atom is 0.416 e. The van der Waals surface area contributed by atoms with Crippen LogP contribution in [0, 0.1) is 20.9 Å². The second kappa shape index (κ2) is 12.9. The summed E-state index contributed by atoms with van der Waals surface area (Å²) in [7, 11) is 1.60. The molecule has 258 valence electrons. The van der Waals surface area contributed by atoms with Crippen molar-refractivity contribution in [3.8, 4) is 17.2 Å². The predicted molar refractivity (Wildman–Crippen MR) is 172 cm³/mol. The highest BCUT2D eigenvalue weighted by Gasteiger charge is 2.49. The number of allylic oxidation sites excluding steroid dienone is 4. The highest BCUT2D eigenvalue weighted by atomic mass is 35.5. The van der Waals surface area contributed by atoms with Crippen molar-refractivity contribution in [3.05, 3.63) is 79.1 Å². The Morgan fingerprint density at radius 3 is 2.04 bits per heavy atom. The van der Waals surface area contributed by atoms with Crippen molar-refractivity contribution in [1.82, 2.24) is 4.90 Å². The van der Waals surface area contributed by atoms with E-state index in [1.54, 1.807) is 20.1 Å². The van der Waals surface area contributed by atoms with Crippen LogP contribution in [0.25, 0.3) is 0 Å². The molecule has 2 aromatic rings. The van der Waals surface area contributed by atoms with Crippen LogP contribution in [0.3, 0.4) is 0 Å². The van der Waals surface area contributed by atoms with E-state index < -0.39 is 34.0 Å². The van der Waals surface area contributed by atoms with E-state index >= 15 is 0 Å². The van der Waals surface area contributed by atoms with Gasteiger partial charge in [0.25, 0.3) is 0 Å². The van der Waals surface area contributed by atoms with Gasteiger partial charge >= 0.3 is 11.9 Å². The Kier molecular flexibility index (Phi) is 9.48. The summed E-state index contributed by atoms with van der Waals surface area (Å²) in [6, 6.07) is 5.04. The number of hydrogen-bond donors (Lipinski definition) is 0. The van der Waals surface area contributed by atoms with Crippen molar-refractivity contribution in [2.75, 3.05) is 26.9 Å². The number of nitro groups is 1. The Morgan fingerprint density at radius 2 is 1.54 bits per heavy atom. The summed E-state index contributed by atoms with van der Waals surface area (Å²) in [4.78, 5) is 41.0. The first-order valence-electron chi connectivity index (χ1n) is 15.7. The first-order chi connectivity index (χ1) is 22.4. The van der Waals surface area contributed by atoms with Gasteiger partial charge in [-0.05, 0) is 60.4 Å². The second-order valence-corrected chi connectivity index (χ2v) is 14.4. The molecule has 0 spiro atoms. The Morgan fingerprint density at radius 1 is 0.958 bits per heavy atom. The molecule has 0 unspecified atom stereocenters. The van der Waals surface area contributed by atoms with Gasteiger partial charge in [-0.3, -0.25) is 19.7 Å². The van der Waals surface area contributed by atoms with Crippen LogP contribution < -0.4 is 9.47 Å². The lowest BCUT2D eigenvalue weighted by atomic mass is 9.63. The fourth-order valence-corrected chi connectivity index (χ4v) is 7.24. The Labute approximate surface area is 281 Å². The van der Waals surface area contributed by atoms with E-state index in [1.165, 1.54) is 6.07 Å². The van der Waals surface area contributed by atoms with Crippen LogP contribution in [0.4, 0.5) is 18.9 Å². The number of nitro benzene ring substituents is 1. The molecule has 3 aliphatic rings. The van der Waals surface area contributed by atoms with Crippen molar-refractivity contribution in [2.24, 2.45) is 10.8 Å². The molecule has 0 radical (unpaired) electrons. The lowest BCUT2D eigenvalue weighted by molar-refractivity contribution is -0.385. The summed E-state index contributed by atoms with van der Waals surface area (Å²) >= 11 is 6.80. The zero-order valence-electron chi connectivity index (χ0n) is 27.7. The summed E-state index contributed by atoms with van der Waals surface area (Å²) in [5, 5.41) is 11.7. The summed E-state index contributed by atoms with van der Waals surface area (Å²) in [5.41, 5.74) is 0.371. The molecule has 0 amide bonds. The number of ketones is 2. The van der Waals surface area contributed by atoms with E-state index in [0.717, 1.165) is 17.5 Å². The third-order valence-electron chi connectivity index (χ3n) is 8.90. The van der Waals surface area contributed by atoms with Gasteiger partial charge < -0.3 is 19.1 Å². The molecule has 1 heterocycles. The van der Waals surface area contributed by atoms with E-state index in [1.807, 2.05) is 27.7 Å². The molecule has 0 atom stereocenters. The van der Waals surface area contributed by atoms with Gasteiger partial charge in [0.2, 0.25) is 5.75 Å². The minimum absolute atomic E-state index is 0.0486. The van der Waals surface area contributed by atoms with Gasteiger partial charge in [-0.25, -0.2) is 0 Å². The van der Waals surface area contributed by atoms with Crippen molar-refractivity contribution < 1.29 is 41.9 Å². The van der Waals surface area contributed by atoms with Gasteiger partial charge in [-0.1, -0.05) is 39.3 Å². The first kappa shape index (κ1) is 35.4. The summed E-state index contributed by atoms with van der Waals surface area (Å²) in [6.07, 6.45) is -3.09. The fraction of sp³-hybridized carbons (Fsp3) is 0.486. The molecule has 2 aliphatic carbocycles. The molecule has 0 saturated carbocycles. The van der Waals surface area contributed by atoms with E-state index in [9.17, 15) is 32.9 Å². The molecule has 5 rings (SSSR count). The number of benzene rings is 2. The molecule has 2 aromatic carbocycles. The average Bonchev–Trinajstić information content (AvgIpc) is 2.95. The minimum atomic E-state index is -4.81. The Balaban J connectivity index is 1.70. The zero-order valence-corrected chi connectivity index (χ0v) is 28.4. The topological polar surface area (TPSA) is 108 Å². The zero-order chi connectivity index (χ0) is 35.3. The third kappa shape index (κ3) is 6.82. The molecule has 13 heteroatoms. The number of carbonyl (C=O) groups is 2. The van der Waals surface area contributed by atoms with Crippen LogP contribution in [0.1, 0.15) is 77.3 Å². The number of Topliss-reactive ketones (excluding diaryl/α,β-unsaturated/α-hetero) is 2. The van der Waals surface area contributed by atoms with Crippen LogP contribution in [0.15, 0.2) is 52.9 Å². The molecule has 48 heavy (non-hydrogen) atoms. The maximum atomic E-state index is 14.1. The molecule has 0 N–H and O–H groups in total. The highest BCUT2D eigenvalue weighted by Crippen LogP contribution is 2.56. The number of nitrogens with zero attached hydrogens (tertiary/aromatic N) is 2. The van der Waals surface area contributed by atoms with Crippen LogP contribution in [-0.2, 0) is 20.5 Å². The third-order valence-corrected chi connectivity index (χ3v) is 9.18. The Hall–Kier alpha value is -3.90. The van der Waals surface area contributed by atoms with Crippen LogP contribution in [0.2, 0.25) is 5.02 Å². The number of rotatable bonds is 9.